The summed E-state index contributed by atoms with van der Waals surface area (Å²) in [5, 5.41) is 0. The van der Waals surface area contributed by atoms with Crippen LogP contribution in [0.15, 0.2) is 0 Å². The fraction of sp³-hybridized carbons (Fsp3) is 1.00. The third kappa shape index (κ3) is 2.35. The monoisotopic (exact) mass is 296 g/mol. The van der Waals surface area contributed by atoms with Gasteiger partial charge in [0.2, 0.25) is 4.17 Å². The van der Waals surface area contributed by atoms with Crippen molar-refractivity contribution in [1.82, 2.24) is 0 Å². The van der Waals surface area contributed by atoms with E-state index in [0.29, 0.717) is 0 Å². The van der Waals surface area contributed by atoms with Crippen LogP contribution in [-0.4, -0.2) is 25.7 Å². The summed E-state index contributed by atoms with van der Waals surface area (Å²) in [6.45, 7) is 0. The summed E-state index contributed by atoms with van der Waals surface area (Å²) in [5.74, 6) is 0. The van der Waals surface area contributed by atoms with Gasteiger partial charge in [0, 0.05) is 0 Å². The zero-order chi connectivity index (χ0) is 11.1. The van der Waals surface area contributed by atoms with Crippen molar-refractivity contribution in [2.45, 2.75) is 8.88 Å². The number of halogens is 5. The smallest absolute Gasteiger partial charge is 0.209 e. The highest BCUT2D eigenvalue weighted by Crippen LogP contribution is 2.34. The first-order valence-corrected chi connectivity index (χ1v) is 7.07. The molecule has 0 aliphatic carbocycles. The van der Waals surface area contributed by atoms with Gasteiger partial charge in [0.15, 0.2) is 0 Å². The van der Waals surface area contributed by atoms with Gasteiger partial charge in [-0.05, 0) is 11.6 Å². The summed E-state index contributed by atoms with van der Waals surface area (Å²) in [5.41, 5.74) is 0. The van der Waals surface area contributed by atoms with Crippen molar-refractivity contribution in [1.29, 1.82) is 0 Å². The number of hydrogen-bond acceptors (Lipinski definition) is 4. The standard InChI is InChI=1S/C2HCl3F2O4S2/c3-1(4)12(8,9)13(10,11)2(5,6)7/h1H. The molecular formula is C2HCl3F2O4S2. The Morgan fingerprint density at radius 3 is 1.46 bits per heavy atom. The van der Waals surface area contributed by atoms with Crippen molar-refractivity contribution >= 4 is 52.5 Å². The molecule has 0 amide bonds. The Balaban J connectivity index is 5.62. The Kier molecular flexibility index (Phi) is 3.83. The highest BCUT2D eigenvalue weighted by atomic mass is 35.5. The van der Waals surface area contributed by atoms with E-state index in [2.05, 4.69) is 34.8 Å². The maximum atomic E-state index is 12.0. The highest BCUT2D eigenvalue weighted by molar-refractivity contribution is 8.68. The molecule has 0 N–H and O–H groups in total. The number of hydrogen-bond donors (Lipinski definition) is 0. The molecule has 0 fully saturated rings. The van der Waals surface area contributed by atoms with Crippen molar-refractivity contribution in [3.05, 3.63) is 0 Å². The van der Waals surface area contributed by atoms with E-state index in [4.69, 9.17) is 0 Å². The average molecular weight is 298 g/mol. The summed E-state index contributed by atoms with van der Waals surface area (Å²) in [4.78, 5) is 0. The third-order valence-electron chi connectivity index (χ3n) is 0.808. The number of alkyl halides is 5. The van der Waals surface area contributed by atoms with E-state index in [1.54, 1.807) is 0 Å². The number of rotatable bonds is 3. The molecule has 0 aliphatic heterocycles. The van der Waals surface area contributed by atoms with Crippen LogP contribution in [0.25, 0.3) is 0 Å². The van der Waals surface area contributed by atoms with Crippen LogP contribution in [0, 0.1) is 0 Å². The maximum Gasteiger partial charge on any atom is 0.437 e. The Hall–Kier alpha value is 0.630. The lowest BCUT2D eigenvalue weighted by atomic mass is 11.6. The molecule has 0 unspecified atom stereocenters. The van der Waals surface area contributed by atoms with Crippen LogP contribution in [0.1, 0.15) is 0 Å². The fourth-order valence-corrected chi connectivity index (χ4v) is 4.56. The predicted molar refractivity (Wildman–Crippen MR) is 44.1 cm³/mol. The van der Waals surface area contributed by atoms with Crippen LogP contribution in [0.2, 0.25) is 0 Å². The molecule has 0 radical (unpaired) electrons. The molecule has 0 aromatic carbocycles. The largest absolute Gasteiger partial charge is 0.437 e. The van der Waals surface area contributed by atoms with E-state index in [1.165, 1.54) is 0 Å². The molecule has 0 spiro atoms. The van der Waals surface area contributed by atoms with Gasteiger partial charge < -0.3 is 0 Å². The SMILES string of the molecule is O=S(=O)(C(Cl)Cl)S(=O)(=O)C(F)(F)Cl. The Morgan fingerprint density at radius 1 is 1.08 bits per heavy atom. The van der Waals surface area contributed by atoms with E-state index in [1.807, 2.05) is 0 Å². The second-order valence-corrected chi connectivity index (χ2v) is 9.55. The minimum absolute atomic E-state index is 2.51. The topological polar surface area (TPSA) is 68.3 Å². The van der Waals surface area contributed by atoms with Crippen LogP contribution < -0.4 is 0 Å². The van der Waals surface area contributed by atoms with Crippen LogP contribution in [0.4, 0.5) is 8.78 Å². The molecule has 80 valence electrons. The van der Waals surface area contributed by atoms with Crippen molar-refractivity contribution in [2.24, 2.45) is 0 Å². The van der Waals surface area contributed by atoms with E-state index >= 15 is 0 Å². The van der Waals surface area contributed by atoms with Crippen molar-refractivity contribution in [3.8, 4) is 0 Å². The van der Waals surface area contributed by atoms with E-state index in [-0.39, 0.29) is 0 Å². The van der Waals surface area contributed by atoms with Gasteiger partial charge in [-0.2, -0.15) is 8.78 Å². The van der Waals surface area contributed by atoms with Gasteiger partial charge in [-0.25, -0.2) is 16.8 Å². The van der Waals surface area contributed by atoms with Gasteiger partial charge in [0.05, 0.1) is 0 Å². The first kappa shape index (κ1) is 13.6. The van der Waals surface area contributed by atoms with Gasteiger partial charge in [0.25, 0.3) is 8.87 Å². The first-order chi connectivity index (χ1) is 5.44. The molecule has 0 bridgehead atoms. The van der Waals surface area contributed by atoms with Crippen LogP contribution in [-0.2, 0) is 17.7 Å². The van der Waals surface area contributed by atoms with E-state index < -0.39 is 26.6 Å². The zero-order valence-electron chi connectivity index (χ0n) is 5.42. The third-order valence-corrected chi connectivity index (χ3v) is 8.39. The van der Waals surface area contributed by atoms with Crippen molar-refractivity contribution < 1.29 is 25.6 Å². The van der Waals surface area contributed by atoms with Crippen LogP contribution in [0.5, 0.6) is 0 Å². The van der Waals surface area contributed by atoms with E-state index in [9.17, 15) is 25.6 Å². The Bertz CT molecular complexity index is 378. The summed E-state index contributed by atoms with van der Waals surface area (Å²) >= 11 is 13.4. The first-order valence-electron chi connectivity index (χ1n) is 2.28. The summed E-state index contributed by atoms with van der Waals surface area (Å²) < 4.78 is 58.7. The summed E-state index contributed by atoms with van der Waals surface area (Å²) in [7, 11) is -11.3. The second-order valence-electron chi connectivity index (χ2n) is 1.65. The van der Waals surface area contributed by atoms with Gasteiger partial charge >= 0.3 is 13.6 Å². The minimum Gasteiger partial charge on any atom is -0.209 e. The molecule has 4 nitrogen and oxygen atoms in total. The van der Waals surface area contributed by atoms with Gasteiger partial charge in [-0.1, -0.05) is 23.2 Å². The molecule has 11 heteroatoms. The average Bonchev–Trinajstić information content (AvgIpc) is 1.84. The zero-order valence-corrected chi connectivity index (χ0v) is 9.32. The maximum absolute atomic E-state index is 12.0. The van der Waals surface area contributed by atoms with Crippen LogP contribution in [0.3, 0.4) is 0 Å². The lowest BCUT2D eigenvalue weighted by Gasteiger charge is -2.09. The van der Waals surface area contributed by atoms with E-state index in [0.717, 1.165) is 0 Å². The molecule has 13 heavy (non-hydrogen) atoms. The molecule has 0 aromatic heterocycles. The Labute approximate surface area is 87.0 Å². The minimum atomic E-state index is -5.93. The molecule has 0 saturated carbocycles. The lowest BCUT2D eigenvalue weighted by molar-refractivity contribution is 0.190. The summed E-state index contributed by atoms with van der Waals surface area (Å²) in [6.07, 6.45) is 0. The van der Waals surface area contributed by atoms with Crippen molar-refractivity contribution in [2.75, 3.05) is 0 Å². The van der Waals surface area contributed by atoms with Gasteiger partial charge in [-0.3, -0.25) is 0 Å². The highest BCUT2D eigenvalue weighted by Gasteiger charge is 2.54. The van der Waals surface area contributed by atoms with Gasteiger partial charge in [-0.15, -0.1) is 0 Å². The molecule has 0 atom stereocenters. The molecule has 0 heterocycles. The normalized spacial score (nSPS) is 14.9. The molecule has 0 aromatic rings. The summed E-state index contributed by atoms with van der Waals surface area (Å²) in [6, 6.07) is 0. The lowest BCUT2D eigenvalue weighted by Crippen LogP contribution is -2.32. The van der Waals surface area contributed by atoms with Crippen LogP contribution >= 0.6 is 34.8 Å². The van der Waals surface area contributed by atoms with Crippen molar-refractivity contribution in [3.63, 3.8) is 0 Å². The van der Waals surface area contributed by atoms with Gasteiger partial charge in [0.1, 0.15) is 0 Å². The quantitative estimate of drug-likeness (QED) is 0.581. The fourth-order valence-electron chi connectivity index (χ4n) is 0.227. The second kappa shape index (κ2) is 3.65. The Morgan fingerprint density at radius 2 is 1.38 bits per heavy atom. The predicted octanol–water partition coefficient (Wildman–Crippen LogP) is 1.28. The molecular weight excluding hydrogens is 297 g/mol. The molecule has 0 saturated heterocycles. The molecule has 0 rings (SSSR count). The molecule has 0 aliphatic rings.